The van der Waals surface area contributed by atoms with Crippen molar-refractivity contribution in [1.82, 2.24) is 9.38 Å². The lowest BCUT2D eigenvalue weighted by Gasteiger charge is -2.20. The molecule has 0 bridgehead atoms. The lowest BCUT2D eigenvalue weighted by molar-refractivity contribution is -0.114. The first-order valence-electron chi connectivity index (χ1n) is 9.18. The van der Waals surface area contributed by atoms with Gasteiger partial charge in [0.15, 0.2) is 5.78 Å². The third-order valence-corrected chi connectivity index (χ3v) is 5.26. The average Bonchev–Trinajstić information content (AvgIpc) is 3.19. The zero-order valence-corrected chi connectivity index (χ0v) is 15.2. The van der Waals surface area contributed by atoms with E-state index in [9.17, 15) is 13.6 Å². The topological polar surface area (TPSA) is 46.7 Å². The van der Waals surface area contributed by atoms with Gasteiger partial charge < -0.3 is 4.40 Å². The molecule has 0 fully saturated rings. The maximum atomic E-state index is 14.9. The summed E-state index contributed by atoms with van der Waals surface area (Å²) < 4.78 is 31.6. The van der Waals surface area contributed by atoms with Gasteiger partial charge >= 0.3 is 0 Å². The monoisotopic (exact) mass is 387 g/mol. The van der Waals surface area contributed by atoms with Crippen molar-refractivity contribution in [2.75, 3.05) is 0 Å². The molecule has 0 spiro atoms. The number of para-hydroxylation sites is 1. The minimum atomic E-state index is -0.668. The average molecular weight is 387 g/mol. The SMILES string of the molecule is O=C1C=Nc2ccccc2C1Cc1c(F)cc(-c2ccc3nccn3c2)cc1F. The number of aromatic nitrogens is 2. The molecular weight excluding hydrogens is 372 g/mol. The standard InChI is InChI=1S/C23H15F2N3O/c24-19-9-15(14-5-6-23-26-7-8-28(23)13-14)10-20(25)18(19)11-17-16-3-1-2-4-21(16)27-12-22(17)29/h1-10,12-13,17H,11H2. The number of hydrogen-bond acceptors (Lipinski definition) is 3. The molecule has 1 aliphatic heterocycles. The first kappa shape index (κ1) is 17.4. The van der Waals surface area contributed by atoms with Crippen molar-refractivity contribution in [2.45, 2.75) is 12.3 Å². The van der Waals surface area contributed by atoms with E-state index in [0.717, 1.165) is 5.65 Å². The van der Waals surface area contributed by atoms with Crippen molar-refractivity contribution in [3.63, 3.8) is 0 Å². The Balaban J connectivity index is 1.52. The molecule has 5 rings (SSSR count). The van der Waals surface area contributed by atoms with Crippen molar-refractivity contribution in [3.8, 4) is 11.1 Å². The Morgan fingerprint density at radius 2 is 1.79 bits per heavy atom. The third-order valence-electron chi connectivity index (χ3n) is 5.26. The van der Waals surface area contributed by atoms with Crippen LogP contribution < -0.4 is 0 Å². The molecule has 0 aliphatic carbocycles. The minimum Gasteiger partial charge on any atom is -0.306 e. The molecule has 1 aliphatic rings. The van der Waals surface area contributed by atoms with E-state index in [2.05, 4.69) is 9.98 Å². The normalized spacial score (nSPS) is 15.7. The molecule has 0 saturated carbocycles. The Labute approximate surface area is 165 Å². The maximum absolute atomic E-state index is 14.9. The fourth-order valence-corrected chi connectivity index (χ4v) is 3.75. The van der Waals surface area contributed by atoms with Gasteiger partial charge in [-0.1, -0.05) is 18.2 Å². The summed E-state index contributed by atoms with van der Waals surface area (Å²) in [5.41, 5.74) is 3.10. The fraction of sp³-hybridized carbons (Fsp3) is 0.0870. The van der Waals surface area contributed by atoms with Gasteiger partial charge in [-0.2, -0.15) is 0 Å². The highest BCUT2D eigenvalue weighted by molar-refractivity contribution is 6.32. The number of Topliss-reactive ketones (excluding diaryl/α,β-unsaturated/α-hetero) is 1. The first-order valence-corrected chi connectivity index (χ1v) is 9.18. The van der Waals surface area contributed by atoms with Gasteiger partial charge in [-0.15, -0.1) is 0 Å². The summed E-state index contributed by atoms with van der Waals surface area (Å²) >= 11 is 0. The van der Waals surface area contributed by atoms with Crippen molar-refractivity contribution in [2.24, 2.45) is 4.99 Å². The summed E-state index contributed by atoms with van der Waals surface area (Å²) in [6.45, 7) is 0. The molecule has 4 nitrogen and oxygen atoms in total. The van der Waals surface area contributed by atoms with Crippen LogP contribution in [0.1, 0.15) is 17.0 Å². The molecule has 1 unspecified atom stereocenters. The Kier molecular flexibility index (Phi) is 4.05. The van der Waals surface area contributed by atoms with E-state index < -0.39 is 17.6 Å². The number of benzene rings is 2. The van der Waals surface area contributed by atoms with E-state index in [1.807, 2.05) is 6.07 Å². The molecule has 0 amide bonds. The number of aliphatic imine (C=N–C) groups is 1. The summed E-state index contributed by atoms with van der Waals surface area (Å²) in [6.07, 6.45) is 6.38. The van der Waals surface area contributed by atoms with Crippen LogP contribution in [0.25, 0.3) is 16.8 Å². The van der Waals surface area contributed by atoms with Gasteiger partial charge in [-0.3, -0.25) is 9.79 Å². The largest absolute Gasteiger partial charge is 0.306 e. The quantitative estimate of drug-likeness (QED) is 0.502. The van der Waals surface area contributed by atoms with E-state index in [1.165, 1.54) is 18.3 Å². The Bertz CT molecular complexity index is 1270. The molecule has 0 saturated heterocycles. The van der Waals surface area contributed by atoms with Crippen molar-refractivity contribution in [1.29, 1.82) is 0 Å². The van der Waals surface area contributed by atoms with Crippen LogP contribution in [-0.4, -0.2) is 21.4 Å². The highest BCUT2D eigenvalue weighted by Crippen LogP contribution is 2.35. The second-order valence-corrected chi connectivity index (χ2v) is 7.01. The molecule has 2 aromatic carbocycles. The zero-order valence-electron chi connectivity index (χ0n) is 15.2. The molecule has 2 aromatic heterocycles. The van der Waals surface area contributed by atoms with Crippen molar-refractivity contribution in [3.05, 3.63) is 89.9 Å². The minimum absolute atomic E-state index is 0.0552. The highest BCUT2D eigenvalue weighted by atomic mass is 19.1. The fourth-order valence-electron chi connectivity index (χ4n) is 3.75. The Morgan fingerprint density at radius 3 is 2.62 bits per heavy atom. The number of carbonyl (C=O) groups excluding carboxylic acids is 1. The lowest BCUT2D eigenvalue weighted by atomic mass is 9.85. The number of halogens is 2. The second kappa shape index (κ2) is 6.74. The molecule has 1 atom stereocenters. The predicted molar refractivity (Wildman–Crippen MR) is 107 cm³/mol. The summed E-state index contributed by atoms with van der Waals surface area (Å²) in [5, 5.41) is 0. The maximum Gasteiger partial charge on any atom is 0.181 e. The number of hydrogen-bond donors (Lipinski definition) is 0. The van der Waals surface area contributed by atoms with Crippen LogP contribution in [0.3, 0.4) is 0 Å². The molecule has 0 radical (unpaired) electrons. The summed E-state index contributed by atoms with van der Waals surface area (Å²) in [7, 11) is 0. The van der Waals surface area contributed by atoms with Crippen molar-refractivity contribution >= 4 is 23.3 Å². The summed E-state index contributed by atoms with van der Waals surface area (Å²) in [4.78, 5) is 20.6. The zero-order chi connectivity index (χ0) is 20.0. The van der Waals surface area contributed by atoms with Crippen LogP contribution in [-0.2, 0) is 11.2 Å². The van der Waals surface area contributed by atoms with E-state index >= 15 is 0 Å². The van der Waals surface area contributed by atoms with Gasteiger partial charge in [0.05, 0.1) is 17.8 Å². The van der Waals surface area contributed by atoms with Crippen LogP contribution >= 0.6 is 0 Å². The smallest absolute Gasteiger partial charge is 0.181 e. The Morgan fingerprint density at radius 1 is 1.00 bits per heavy atom. The van der Waals surface area contributed by atoms with Crippen LogP contribution in [0, 0.1) is 11.6 Å². The Hall–Kier alpha value is -3.67. The summed E-state index contributed by atoms with van der Waals surface area (Å²) in [6, 6.07) is 13.3. The number of rotatable bonds is 3. The van der Waals surface area contributed by atoms with Gasteiger partial charge in [0.25, 0.3) is 0 Å². The lowest BCUT2D eigenvalue weighted by Crippen LogP contribution is -2.20. The molecule has 6 heteroatoms. The number of fused-ring (bicyclic) bond motifs is 2. The molecule has 0 N–H and O–H groups in total. The predicted octanol–water partition coefficient (Wildman–Crippen LogP) is 4.89. The number of ketones is 1. The van der Waals surface area contributed by atoms with Gasteiger partial charge in [0.2, 0.25) is 0 Å². The number of nitrogens with zero attached hydrogens (tertiary/aromatic N) is 3. The molecule has 142 valence electrons. The van der Waals surface area contributed by atoms with E-state index in [1.54, 1.807) is 53.3 Å². The number of carbonyl (C=O) groups is 1. The molecule has 3 heterocycles. The van der Waals surface area contributed by atoms with E-state index in [-0.39, 0.29) is 17.8 Å². The second-order valence-electron chi connectivity index (χ2n) is 7.01. The van der Waals surface area contributed by atoms with E-state index in [0.29, 0.717) is 22.4 Å². The van der Waals surface area contributed by atoms with Gasteiger partial charge in [-0.05, 0) is 53.4 Å². The van der Waals surface area contributed by atoms with Gasteiger partial charge in [0.1, 0.15) is 17.3 Å². The first-order chi connectivity index (χ1) is 14.1. The van der Waals surface area contributed by atoms with Crippen molar-refractivity contribution < 1.29 is 13.6 Å². The molecule has 29 heavy (non-hydrogen) atoms. The number of pyridine rings is 1. The summed E-state index contributed by atoms with van der Waals surface area (Å²) in [5.74, 6) is -2.24. The number of imidazole rings is 1. The molecule has 4 aromatic rings. The molecular formula is C23H15F2N3O. The van der Waals surface area contributed by atoms with Gasteiger partial charge in [-0.25, -0.2) is 13.8 Å². The van der Waals surface area contributed by atoms with Crippen LogP contribution in [0.5, 0.6) is 0 Å². The third kappa shape index (κ3) is 3.02. The van der Waals surface area contributed by atoms with E-state index in [4.69, 9.17) is 0 Å². The van der Waals surface area contributed by atoms with Gasteiger partial charge in [0, 0.05) is 24.2 Å². The van der Waals surface area contributed by atoms with Crippen LogP contribution in [0.15, 0.2) is 72.1 Å². The van der Waals surface area contributed by atoms with Crippen LogP contribution in [0.2, 0.25) is 0 Å². The highest BCUT2D eigenvalue weighted by Gasteiger charge is 2.28. The van der Waals surface area contributed by atoms with Crippen LogP contribution in [0.4, 0.5) is 14.5 Å².